The van der Waals surface area contributed by atoms with Crippen molar-refractivity contribution in [3.05, 3.63) is 0 Å². The largest absolute Gasteiger partial charge is 0.396 e. The van der Waals surface area contributed by atoms with Crippen LogP contribution in [0.2, 0.25) is 0 Å². The fraction of sp³-hybridized carbons (Fsp3) is 1.00. The molecule has 4 N–H and O–H groups in total. The SMILES string of the molecule is CC(O)C(O)C(O)(Cl)C(CO)(CBr)CBr. The van der Waals surface area contributed by atoms with Crippen molar-refractivity contribution in [3.8, 4) is 0 Å². The van der Waals surface area contributed by atoms with Crippen LogP contribution in [-0.2, 0) is 0 Å². The summed E-state index contributed by atoms with van der Waals surface area (Å²) in [6.45, 7) is 0.871. The first-order valence-corrected chi connectivity index (χ1v) is 6.91. The molecule has 0 saturated heterocycles. The van der Waals surface area contributed by atoms with E-state index in [0.29, 0.717) is 0 Å². The third-order valence-corrected chi connectivity index (χ3v) is 5.18. The minimum atomic E-state index is -2.12. The summed E-state index contributed by atoms with van der Waals surface area (Å²) in [7, 11) is 0. The zero-order valence-corrected chi connectivity index (χ0v) is 12.1. The van der Waals surface area contributed by atoms with E-state index in [-0.39, 0.29) is 10.7 Å². The summed E-state index contributed by atoms with van der Waals surface area (Å²) >= 11 is 12.1. The molecule has 0 aliphatic heterocycles. The molecule has 4 nitrogen and oxygen atoms in total. The standard InChI is InChI=1S/C8H15Br2ClO4/c1-5(13)6(14)8(11,15)7(2-9,3-10)4-12/h5-6,12-15H,2-4H2,1H3. The van der Waals surface area contributed by atoms with Gasteiger partial charge in [0.2, 0.25) is 0 Å². The highest BCUT2D eigenvalue weighted by molar-refractivity contribution is 9.09. The van der Waals surface area contributed by atoms with E-state index in [1.807, 2.05) is 0 Å². The highest BCUT2D eigenvalue weighted by Crippen LogP contribution is 2.41. The lowest BCUT2D eigenvalue weighted by molar-refractivity contribution is -0.133. The van der Waals surface area contributed by atoms with E-state index in [9.17, 15) is 20.4 Å². The van der Waals surface area contributed by atoms with Gasteiger partial charge in [-0.2, -0.15) is 0 Å². The van der Waals surface area contributed by atoms with E-state index in [0.717, 1.165) is 0 Å². The Hall–Kier alpha value is 1.09. The topological polar surface area (TPSA) is 80.9 Å². The van der Waals surface area contributed by atoms with E-state index in [1.165, 1.54) is 6.92 Å². The molecule has 0 heterocycles. The zero-order valence-electron chi connectivity index (χ0n) is 8.20. The molecule has 0 radical (unpaired) electrons. The van der Waals surface area contributed by atoms with Gasteiger partial charge in [0.1, 0.15) is 6.10 Å². The van der Waals surface area contributed by atoms with Crippen LogP contribution in [0.3, 0.4) is 0 Å². The Kier molecular flexibility index (Phi) is 6.59. The monoisotopic (exact) mass is 368 g/mol. The smallest absolute Gasteiger partial charge is 0.176 e. The fourth-order valence-electron chi connectivity index (χ4n) is 1.05. The first-order valence-electron chi connectivity index (χ1n) is 4.29. The van der Waals surface area contributed by atoms with Crippen LogP contribution in [0.5, 0.6) is 0 Å². The lowest BCUT2D eigenvalue weighted by Gasteiger charge is -2.43. The number of rotatable bonds is 6. The van der Waals surface area contributed by atoms with Crippen molar-refractivity contribution >= 4 is 43.5 Å². The van der Waals surface area contributed by atoms with E-state index in [1.54, 1.807) is 0 Å². The van der Waals surface area contributed by atoms with Crippen molar-refractivity contribution in [3.63, 3.8) is 0 Å². The van der Waals surface area contributed by atoms with E-state index < -0.39 is 29.3 Å². The number of hydrogen-bond acceptors (Lipinski definition) is 4. The second-order valence-corrected chi connectivity index (χ2v) is 5.26. The minimum Gasteiger partial charge on any atom is -0.396 e. The van der Waals surface area contributed by atoms with E-state index in [2.05, 4.69) is 31.9 Å². The molecule has 3 atom stereocenters. The molecule has 15 heavy (non-hydrogen) atoms. The molecule has 7 heteroatoms. The Morgan fingerprint density at radius 3 is 1.87 bits per heavy atom. The number of halogens is 3. The molecule has 0 saturated carbocycles. The molecule has 0 bridgehead atoms. The van der Waals surface area contributed by atoms with Crippen LogP contribution in [0.25, 0.3) is 0 Å². The number of alkyl halides is 3. The van der Waals surface area contributed by atoms with Gasteiger partial charge in [-0.15, -0.1) is 0 Å². The van der Waals surface area contributed by atoms with Crippen LogP contribution in [0, 0.1) is 5.41 Å². The van der Waals surface area contributed by atoms with Crippen LogP contribution in [0.4, 0.5) is 0 Å². The van der Waals surface area contributed by atoms with Gasteiger partial charge in [0.15, 0.2) is 5.06 Å². The predicted octanol–water partition coefficient (Wildman–Crippen LogP) is 0.424. The molecule has 0 spiro atoms. The van der Waals surface area contributed by atoms with Gasteiger partial charge < -0.3 is 20.4 Å². The lowest BCUT2D eigenvalue weighted by atomic mass is 9.82. The Balaban J connectivity index is 5.10. The molecular weight excluding hydrogens is 355 g/mol. The maximum absolute atomic E-state index is 10.00. The van der Waals surface area contributed by atoms with Crippen LogP contribution < -0.4 is 0 Å². The number of hydrogen-bond donors (Lipinski definition) is 4. The fourth-order valence-corrected chi connectivity index (χ4v) is 3.89. The average Bonchev–Trinajstić information content (AvgIpc) is 2.19. The van der Waals surface area contributed by atoms with Crippen LogP contribution in [0.15, 0.2) is 0 Å². The van der Waals surface area contributed by atoms with Gasteiger partial charge in [0.05, 0.1) is 18.1 Å². The molecule has 0 fully saturated rings. The molecule has 0 amide bonds. The van der Waals surface area contributed by atoms with Crippen molar-refractivity contribution in [1.29, 1.82) is 0 Å². The molecule has 3 unspecified atom stereocenters. The van der Waals surface area contributed by atoms with Crippen molar-refractivity contribution in [2.45, 2.75) is 24.2 Å². The van der Waals surface area contributed by atoms with Crippen molar-refractivity contribution in [2.24, 2.45) is 5.41 Å². The van der Waals surface area contributed by atoms with Crippen LogP contribution in [-0.4, -0.2) is 55.0 Å². The Morgan fingerprint density at radius 2 is 1.67 bits per heavy atom. The second-order valence-electron chi connectivity index (χ2n) is 3.56. The Morgan fingerprint density at radius 1 is 1.27 bits per heavy atom. The summed E-state index contributed by atoms with van der Waals surface area (Å²) in [6.07, 6.45) is -2.75. The van der Waals surface area contributed by atoms with Gasteiger partial charge in [0.25, 0.3) is 0 Å². The van der Waals surface area contributed by atoms with E-state index in [4.69, 9.17) is 11.6 Å². The van der Waals surface area contributed by atoms with E-state index >= 15 is 0 Å². The number of aliphatic hydroxyl groups excluding tert-OH is 3. The highest BCUT2D eigenvalue weighted by atomic mass is 79.9. The Bertz CT molecular complexity index is 189. The summed E-state index contributed by atoms with van der Waals surface area (Å²) < 4.78 is 0. The normalized spacial score (nSPS) is 20.8. The van der Waals surface area contributed by atoms with Gasteiger partial charge in [0, 0.05) is 10.7 Å². The molecular formula is C8H15Br2ClO4. The second kappa shape index (κ2) is 6.14. The molecule has 0 aromatic heterocycles. The van der Waals surface area contributed by atoms with Gasteiger partial charge in [-0.3, -0.25) is 0 Å². The van der Waals surface area contributed by atoms with Gasteiger partial charge >= 0.3 is 0 Å². The van der Waals surface area contributed by atoms with Gasteiger partial charge in [-0.05, 0) is 6.92 Å². The Labute approximate surface area is 111 Å². The summed E-state index contributed by atoms with van der Waals surface area (Å²) in [5.74, 6) is 0. The summed E-state index contributed by atoms with van der Waals surface area (Å²) in [6, 6.07) is 0. The van der Waals surface area contributed by atoms with Crippen molar-refractivity contribution < 1.29 is 20.4 Å². The predicted molar refractivity (Wildman–Crippen MR) is 65.6 cm³/mol. The highest BCUT2D eigenvalue weighted by Gasteiger charge is 2.53. The summed E-state index contributed by atoms with van der Waals surface area (Å²) in [5.41, 5.74) is -1.18. The van der Waals surface area contributed by atoms with Crippen molar-refractivity contribution in [1.82, 2.24) is 0 Å². The maximum Gasteiger partial charge on any atom is 0.176 e. The molecule has 0 aliphatic carbocycles. The minimum absolute atomic E-state index is 0.172. The lowest BCUT2D eigenvalue weighted by Crippen LogP contribution is -2.59. The quantitative estimate of drug-likeness (QED) is 0.511. The van der Waals surface area contributed by atoms with Gasteiger partial charge in [-0.25, -0.2) is 0 Å². The molecule has 0 aliphatic rings. The van der Waals surface area contributed by atoms with Gasteiger partial charge in [-0.1, -0.05) is 43.5 Å². The van der Waals surface area contributed by atoms with Crippen LogP contribution >= 0.6 is 43.5 Å². The first kappa shape index (κ1) is 16.1. The maximum atomic E-state index is 10.00. The summed E-state index contributed by atoms with van der Waals surface area (Å²) in [4.78, 5) is 0. The zero-order chi connectivity index (χ0) is 12.3. The molecule has 92 valence electrons. The average molecular weight is 370 g/mol. The first-order chi connectivity index (χ1) is 6.79. The third-order valence-electron chi connectivity index (χ3n) is 2.41. The number of aliphatic hydroxyl groups is 4. The molecule has 0 aromatic carbocycles. The van der Waals surface area contributed by atoms with Crippen molar-refractivity contribution in [2.75, 3.05) is 17.3 Å². The molecule has 0 rings (SSSR count). The summed E-state index contributed by atoms with van der Waals surface area (Å²) in [5, 5.41) is 36.3. The third kappa shape index (κ3) is 3.06. The molecule has 0 aromatic rings. The van der Waals surface area contributed by atoms with Crippen LogP contribution in [0.1, 0.15) is 6.92 Å².